The molecule has 1 amide bonds. The normalized spacial score (nSPS) is 12.4. The van der Waals surface area contributed by atoms with E-state index < -0.39 is 0 Å². The Kier molecular flexibility index (Phi) is 5.21. The Labute approximate surface area is 128 Å². The van der Waals surface area contributed by atoms with E-state index in [1.54, 1.807) is 25.1 Å². The molecule has 7 heteroatoms. The van der Waals surface area contributed by atoms with Gasteiger partial charge in [-0.15, -0.1) is 5.10 Å². The van der Waals surface area contributed by atoms with Gasteiger partial charge < -0.3 is 10.2 Å². The summed E-state index contributed by atoms with van der Waals surface area (Å²) >= 11 is 0. The largest absolute Gasteiger partial charge is 0.349 e. The van der Waals surface area contributed by atoms with Gasteiger partial charge in [-0.2, -0.15) is 0 Å². The summed E-state index contributed by atoms with van der Waals surface area (Å²) in [7, 11) is 3.86. The van der Waals surface area contributed by atoms with Gasteiger partial charge in [0.2, 0.25) is 0 Å². The summed E-state index contributed by atoms with van der Waals surface area (Å²) < 4.78 is 15.3. The van der Waals surface area contributed by atoms with Crippen molar-refractivity contribution in [2.24, 2.45) is 0 Å². The molecular weight excluding hydrogens is 285 g/mol. The second kappa shape index (κ2) is 7.13. The summed E-state index contributed by atoms with van der Waals surface area (Å²) in [4.78, 5) is 13.9. The first-order valence-electron chi connectivity index (χ1n) is 7.08. The number of aromatic nitrogens is 3. The number of amides is 1. The third-order valence-electron chi connectivity index (χ3n) is 3.34. The molecule has 6 nitrogen and oxygen atoms in total. The molecule has 1 N–H and O–H groups in total. The van der Waals surface area contributed by atoms with Crippen LogP contribution in [0.2, 0.25) is 0 Å². The van der Waals surface area contributed by atoms with E-state index in [2.05, 4.69) is 15.6 Å². The molecule has 2 aromatic rings. The maximum Gasteiger partial charge on any atom is 0.273 e. The molecule has 0 spiro atoms. The van der Waals surface area contributed by atoms with Gasteiger partial charge in [-0.3, -0.25) is 4.79 Å². The van der Waals surface area contributed by atoms with Crippen LogP contribution in [0.1, 0.15) is 29.0 Å². The molecule has 0 bridgehead atoms. The quantitative estimate of drug-likeness (QED) is 0.874. The lowest BCUT2D eigenvalue weighted by atomic mass is 10.1. The number of nitrogens with zero attached hydrogens (tertiary/aromatic N) is 4. The molecule has 1 aromatic carbocycles. The molecule has 0 radical (unpaired) electrons. The van der Waals surface area contributed by atoms with Crippen molar-refractivity contribution in [1.82, 2.24) is 25.2 Å². The fourth-order valence-electron chi connectivity index (χ4n) is 2.01. The van der Waals surface area contributed by atoms with Crippen molar-refractivity contribution in [3.05, 3.63) is 47.5 Å². The summed E-state index contributed by atoms with van der Waals surface area (Å²) in [5.74, 6) is -0.587. The highest BCUT2D eigenvalue weighted by molar-refractivity contribution is 5.91. The second-order valence-electron chi connectivity index (χ2n) is 5.34. The maximum atomic E-state index is 13.8. The first-order chi connectivity index (χ1) is 10.5. The molecular formula is C15H20FN5O. The van der Waals surface area contributed by atoms with Gasteiger partial charge in [-0.25, -0.2) is 9.07 Å². The van der Waals surface area contributed by atoms with Crippen LogP contribution >= 0.6 is 0 Å². The molecule has 0 saturated carbocycles. The maximum absolute atomic E-state index is 13.8. The standard InChI is InChI=1S/C15H20FN5O/c1-11(12-6-4-5-7-13(12)16)21-10-14(18-19-21)15(22)17-8-9-20(2)3/h4-7,10-11H,8-9H2,1-3H3,(H,17,22)/t11-/m1/s1. The number of hydrogen-bond donors (Lipinski definition) is 1. The Balaban J connectivity index is 2.05. The number of benzene rings is 1. The summed E-state index contributed by atoms with van der Waals surface area (Å²) in [6.07, 6.45) is 1.53. The smallest absolute Gasteiger partial charge is 0.273 e. The molecule has 1 aromatic heterocycles. The van der Waals surface area contributed by atoms with E-state index in [9.17, 15) is 9.18 Å². The summed E-state index contributed by atoms with van der Waals surface area (Å²) in [5, 5.41) is 10.5. The van der Waals surface area contributed by atoms with Gasteiger partial charge in [0.05, 0.1) is 12.2 Å². The van der Waals surface area contributed by atoms with Crippen LogP contribution in [-0.4, -0.2) is 53.0 Å². The molecule has 0 fully saturated rings. The summed E-state index contributed by atoms with van der Waals surface area (Å²) in [6.45, 7) is 3.08. The number of carbonyl (C=O) groups excluding carboxylic acids is 1. The van der Waals surface area contributed by atoms with E-state index in [4.69, 9.17) is 0 Å². The Hall–Kier alpha value is -2.28. The number of rotatable bonds is 6. The zero-order valence-corrected chi connectivity index (χ0v) is 13.0. The van der Waals surface area contributed by atoms with Crippen LogP contribution in [0.25, 0.3) is 0 Å². The Morgan fingerprint density at radius 3 is 2.82 bits per heavy atom. The Bertz CT molecular complexity index is 640. The van der Waals surface area contributed by atoms with Crippen molar-refractivity contribution in [3.8, 4) is 0 Å². The van der Waals surface area contributed by atoms with Crippen LogP contribution in [0.3, 0.4) is 0 Å². The highest BCUT2D eigenvalue weighted by atomic mass is 19.1. The molecule has 1 atom stereocenters. The third-order valence-corrected chi connectivity index (χ3v) is 3.34. The molecule has 2 rings (SSSR count). The number of carbonyl (C=O) groups is 1. The highest BCUT2D eigenvalue weighted by Gasteiger charge is 2.16. The van der Waals surface area contributed by atoms with Crippen molar-refractivity contribution in [1.29, 1.82) is 0 Å². The number of hydrogen-bond acceptors (Lipinski definition) is 4. The number of nitrogens with one attached hydrogen (secondary N) is 1. The van der Waals surface area contributed by atoms with Crippen LogP contribution in [0, 0.1) is 5.82 Å². The minimum atomic E-state index is -0.336. The predicted octanol–water partition coefficient (Wildman–Crippen LogP) is 1.32. The SMILES string of the molecule is C[C@H](c1ccccc1F)n1cc(C(=O)NCCN(C)C)nn1. The first-order valence-corrected chi connectivity index (χ1v) is 7.08. The van der Waals surface area contributed by atoms with E-state index in [1.807, 2.05) is 19.0 Å². The second-order valence-corrected chi connectivity index (χ2v) is 5.34. The molecule has 22 heavy (non-hydrogen) atoms. The zero-order valence-electron chi connectivity index (χ0n) is 13.0. The monoisotopic (exact) mass is 305 g/mol. The molecule has 0 unspecified atom stereocenters. The lowest BCUT2D eigenvalue weighted by molar-refractivity contribution is 0.0946. The fraction of sp³-hybridized carbons (Fsp3) is 0.400. The van der Waals surface area contributed by atoms with E-state index >= 15 is 0 Å². The van der Waals surface area contributed by atoms with Crippen LogP contribution in [0.5, 0.6) is 0 Å². The van der Waals surface area contributed by atoms with Crippen molar-refractivity contribution in [2.75, 3.05) is 27.2 Å². The van der Waals surface area contributed by atoms with Crippen LogP contribution in [0.4, 0.5) is 4.39 Å². The van der Waals surface area contributed by atoms with Gasteiger partial charge >= 0.3 is 0 Å². The average Bonchev–Trinajstić information content (AvgIpc) is 2.96. The van der Waals surface area contributed by atoms with Crippen molar-refractivity contribution in [3.63, 3.8) is 0 Å². The van der Waals surface area contributed by atoms with Gasteiger partial charge in [0.15, 0.2) is 5.69 Å². The first kappa shape index (κ1) is 16.1. The number of halogens is 1. The molecule has 0 aliphatic carbocycles. The van der Waals surface area contributed by atoms with Crippen molar-refractivity contribution < 1.29 is 9.18 Å². The predicted molar refractivity (Wildman–Crippen MR) is 81.1 cm³/mol. The van der Waals surface area contributed by atoms with Crippen LogP contribution in [-0.2, 0) is 0 Å². The Morgan fingerprint density at radius 2 is 2.14 bits per heavy atom. The lowest BCUT2D eigenvalue weighted by Gasteiger charge is -2.12. The summed E-state index contributed by atoms with van der Waals surface area (Å²) in [5.41, 5.74) is 0.730. The average molecular weight is 305 g/mol. The number of likely N-dealkylation sites (N-methyl/N-ethyl adjacent to an activating group) is 1. The van der Waals surface area contributed by atoms with Crippen molar-refractivity contribution >= 4 is 5.91 Å². The fourth-order valence-corrected chi connectivity index (χ4v) is 2.01. The topological polar surface area (TPSA) is 63.1 Å². The molecule has 1 heterocycles. The van der Waals surface area contributed by atoms with Crippen molar-refractivity contribution in [2.45, 2.75) is 13.0 Å². The van der Waals surface area contributed by atoms with E-state index in [1.165, 1.54) is 16.9 Å². The lowest BCUT2D eigenvalue weighted by Crippen LogP contribution is -2.31. The zero-order chi connectivity index (χ0) is 16.1. The van der Waals surface area contributed by atoms with E-state index in [0.29, 0.717) is 12.1 Å². The van der Waals surface area contributed by atoms with E-state index in [-0.39, 0.29) is 23.5 Å². The molecule has 0 aliphatic rings. The Morgan fingerprint density at radius 1 is 1.41 bits per heavy atom. The van der Waals surface area contributed by atoms with Crippen LogP contribution in [0.15, 0.2) is 30.5 Å². The van der Waals surface area contributed by atoms with Gasteiger partial charge in [0.25, 0.3) is 5.91 Å². The van der Waals surface area contributed by atoms with E-state index in [0.717, 1.165) is 6.54 Å². The van der Waals surface area contributed by atoms with Gasteiger partial charge in [0, 0.05) is 18.7 Å². The minimum Gasteiger partial charge on any atom is -0.349 e. The highest BCUT2D eigenvalue weighted by Crippen LogP contribution is 2.19. The van der Waals surface area contributed by atoms with Crippen LogP contribution < -0.4 is 5.32 Å². The summed E-state index contributed by atoms with van der Waals surface area (Å²) in [6, 6.07) is 6.16. The van der Waals surface area contributed by atoms with Gasteiger partial charge in [-0.1, -0.05) is 23.4 Å². The minimum absolute atomic E-state index is 0.224. The third kappa shape index (κ3) is 3.88. The van der Waals surface area contributed by atoms with Gasteiger partial charge in [-0.05, 0) is 27.1 Å². The molecule has 118 valence electrons. The molecule has 0 aliphatic heterocycles. The molecule has 0 saturated heterocycles. The van der Waals surface area contributed by atoms with Gasteiger partial charge in [0.1, 0.15) is 5.82 Å².